The first-order valence-corrected chi connectivity index (χ1v) is 11.5. The Labute approximate surface area is 199 Å². The van der Waals surface area contributed by atoms with Crippen molar-refractivity contribution in [3.05, 3.63) is 89.7 Å². The van der Waals surface area contributed by atoms with Crippen molar-refractivity contribution in [1.82, 2.24) is 10.6 Å². The number of piperidine rings is 1. The van der Waals surface area contributed by atoms with Gasteiger partial charge < -0.3 is 24.8 Å². The van der Waals surface area contributed by atoms with E-state index in [1.165, 1.54) is 25.0 Å². The molecular formula is C27H29FN2O4. The van der Waals surface area contributed by atoms with E-state index in [1.807, 2.05) is 48.5 Å². The highest BCUT2D eigenvalue weighted by molar-refractivity contribution is 5.94. The molecule has 34 heavy (non-hydrogen) atoms. The Morgan fingerprint density at radius 1 is 1.03 bits per heavy atom. The number of nitrogens with one attached hydrogen (secondary N) is 2. The minimum absolute atomic E-state index is 0.0726. The summed E-state index contributed by atoms with van der Waals surface area (Å²) < 4.78 is 29.7. The molecule has 0 bridgehead atoms. The molecule has 0 saturated carbocycles. The fraction of sp³-hybridized carbons (Fsp3) is 0.296. The van der Waals surface area contributed by atoms with Crippen molar-refractivity contribution in [2.45, 2.75) is 19.4 Å². The molecule has 1 unspecified atom stereocenters. The molecule has 3 aromatic carbocycles. The Bertz CT molecular complexity index is 1070. The van der Waals surface area contributed by atoms with Crippen molar-refractivity contribution in [3.8, 4) is 17.2 Å². The van der Waals surface area contributed by atoms with E-state index in [0.29, 0.717) is 19.3 Å². The maximum absolute atomic E-state index is 13.3. The number of carbonyl (C=O) groups excluding carboxylic acids is 1. The van der Waals surface area contributed by atoms with E-state index < -0.39 is 11.7 Å². The third kappa shape index (κ3) is 6.71. The molecule has 178 valence electrons. The molecule has 5 rings (SSSR count). The number of ether oxygens (including phenoxy) is 3. The Kier molecular flexibility index (Phi) is 8.35. The summed E-state index contributed by atoms with van der Waals surface area (Å²) >= 11 is 0. The fourth-order valence-electron chi connectivity index (χ4n) is 3.77. The van der Waals surface area contributed by atoms with Gasteiger partial charge in [-0.05, 0) is 49.2 Å². The molecule has 7 heteroatoms. The lowest BCUT2D eigenvalue weighted by Crippen LogP contribution is -2.33. The van der Waals surface area contributed by atoms with Crippen molar-refractivity contribution >= 4 is 5.91 Å². The summed E-state index contributed by atoms with van der Waals surface area (Å²) in [6, 6.07) is 21.2. The lowest BCUT2D eigenvalue weighted by molar-refractivity contribution is 0.0947. The van der Waals surface area contributed by atoms with Crippen LogP contribution < -0.4 is 24.8 Å². The topological polar surface area (TPSA) is 68.8 Å². The van der Waals surface area contributed by atoms with Crippen LogP contribution >= 0.6 is 0 Å². The van der Waals surface area contributed by atoms with Gasteiger partial charge >= 0.3 is 0 Å². The average molecular weight is 465 g/mol. The highest BCUT2D eigenvalue weighted by Crippen LogP contribution is 2.35. The Morgan fingerprint density at radius 2 is 1.82 bits per heavy atom. The molecule has 0 radical (unpaired) electrons. The van der Waals surface area contributed by atoms with Gasteiger partial charge in [-0.15, -0.1) is 0 Å². The fourth-order valence-corrected chi connectivity index (χ4v) is 3.77. The van der Waals surface area contributed by atoms with Crippen LogP contribution in [-0.4, -0.2) is 32.4 Å². The van der Waals surface area contributed by atoms with Crippen LogP contribution in [0.25, 0.3) is 0 Å². The molecular weight excluding hydrogens is 435 g/mol. The van der Waals surface area contributed by atoms with Gasteiger partial charge in [-0.2, -0.15) is 0 Å². The quantitative estimate of drug-likeness (QED) is 0.560. The van der Waals surface area contributed by atoms with Gasteiger partial charge in [0, 0.05) is 25.1 Å². The van der Waals surface area contributed by atoms with Crippen LogP contribution in [0.1, 0.15) is 28.8 Å². The van der Waals surface area contributed by atoms with Gasteiger partial charge in [0.05, 0.1) is 12.2 Å². The molecule has 0 aliphatic carbocycles. The van der Waals surface area contributed by atoms with E-state index in [-0.39, 0.29) is 5.56 Å². The average Bonchev–Trinajstić information content (AvgIpc) is 3.36. The van der Waals surface area contributed by atoms with E-state index in [0.717, 1.165) is 42.5 Å². The summed E-state index contributed by atoms with van der Waals surface area (Å²) in [5.41, 5.74) is 1.06. The van der Waals surface area contributed by atoms with Crippen molar-refractivity contribution in [1.29, 1.82) is 0 Å². The zero-order chi connectivity index (χ0) is 23.6. The third-order valence-electron chi connectivity index (χ3n) is 5.64. The number of hydrogen-bond acceptors (Lipinski definition) is 5. The van der Waals surface area contributed by atoms with Gasteiger partial charge in [0.15, 0.2) is 11.5 Å². The highest BCUT2D eigenvalue weighted by Gasteiger charge is 2.16. The molecule has 1 saturated heterocycles. The highest BCUT2D eigenvalue weighted by atomic mass is 19.1. The molecule has 2 aliphatic heterocycles. The van der Waals surface area contributed by atoms with Crippen LogP contribution in [-0.2, 0) is 6.54 Å². The molecule has 1 amide bonds. The van der Waals surface area contributed by atoms with Crippen molar-refractivity contribution < 1.29 is 23.4 Å². The molecule has 1 fully saturated rings. The molecule has 0 aromatic heterocycles. The third-order valence-corrected chi connectivity index (χ3v) is 5.64. The van der Waals surface area contributed by atoms with Crippen LogP contribution in [0.2, 0.25) is 0 Å². The number of carbonyl (C=O) groups is 1. The van der Waals surface area contributed by atoms with Crippen molar-refractivity contribution in [2.75, 3.05) is 26.5 Å². The maximum atomic E-state index is 13.3. The largest absolute Gasteiger partial charge is 0.493 e. The number of benzene rings is 3. The first-order chi connectivity index (χ1) is 16.7. The SMILES string of the molecule is O=C(NCc1ccccc1)c1ccccc1F.c1cc2c(cc1OCC1CCCNC1)OCO2. The van der Waals surface area contributed by atoms with E-state index >= 15 is 0 Å². The normalized spacial score (nSPS) is 16.2. The standard InChI is InChI=1S/C14H12FNO.C13H17NO3/c15-13-9-5-4-8-12(13)14(17)16-10-11-6-2-1-3-7-11;1-2-10(7-14-5-1)8-15-11-3-4-12-13(6-11)17-9-16-12/h1-9H,10H2,(H,16,17);3-4,6,10,14H,1-2,5,7-9H2. The van der Waals surface area contributed by atoms with E-state index in [1.54, 1.807) is 12.1 Å². The maximum Gasteiger partial charge on any atom is 0.254 e. The zero-order valence-corrected chi connectivity index (χ0v) is 19.0. The van der Waals surface area contributed by atoms with E-state index in [2.05, 4.69) is 10.6 Å². The first-order valence-electron chi connectivity index (χ1n) is 11.5. The number of rotatable bonds is 6. The second-order valence-corrected chi connectivity index (χ2v) is 8.19. The van der Waals surface area contributed by atoms with Crippen LogP contribution in [0.15, 0.2) is 72.8 Å². The van der Waals surface area contributed by atoms with E-state index in [9.17, 15) is 9.18 Å². The number of fused-ring (bicyclic) bond motifs is 1. The van der Waals surface area contributed by atoms with Gasteiger partial charge in [0.1, 0.15) is 11.6 Å². The Morgan fingerprint density at radius 3 is 2.62 bits per heavy atom. The molecule has 3 aromatic rings. The monoisotopic (exact) mass is 464 g/mol. The molecule has 2 heterocycles. The van der Waals surface area contributed by atoms with Gasteiger partial charge in [0.25, 0.3) is 5.91 Å². The lowest BCUT2D eigenvalue weighted by Gasteiger charge is -2.22. The summed E-state index contributed by atoms with van der Waals surface area (Å²) in [5.74, 6) is 2.17. The van der Waals surface area contributed by atoms with Gasteiger partial charge in [-0.3, -0.25) is 4.79 Å². The minimum Gasteiger partial charge on any atom is -0.493 e. The lowest BCUT2D eigenvalue weighted by atomic mass is 10.0. The molecule has 2 N–H and O–H groups in total. The Balaban J connectivity index is 0.000000161. The van der Waals surface area contributed by atoms with Crippen LogP contribution in [0.4, 0.5) is 4.39 Å². The van der Waals surface area contributed by atoms with Gasteiger partial charge in [-0.25, -0.2) is 4.39 Å². The second kappa shape index (κ2) is 12.0. The van der Waals surface area contributed by atoms with Crippen LogP contribution in [0.5, 0.6) is 17.2 Å². The summed E-state index contributed by atoms with van der Waals surface area (Å²) in [7, 11) is 0. The molecule has 0 spiro atoms. The summed E-state index contributed by atoms with van der Waals surface area (Å²) in [4.78, 5) is 11.7. The van der Waals surface area contributed by atoms with Gasteiger partial charge in [0.2, 0.25) is 6.79 Å². The smallest absolute Gasteiger partial charge is 0.254 e. The zero-order valence-electron chi connectivity index (χ0n) is 19.0. The van der Waals surface area contributed by atoms with Gasteiger partial charge in [-0.1, -0.05) is 42.5 Å². The predicted molar refractivity (Wildman–Crippen MR) is 128 cm³/mol. The number of amides is 1. The number of halogens is 1. The summed E-state index contributed by atoms with van der Waals surface area (Å²) in [6.07, 6.45) is 2.49. The summed E-state index contributed by atoms with van der Waals surface area (Å²) in [6.45, 7) is 3.68. The minimum atomic E-state index is -0.502. The van der Waals surface area contributed by atoms with E-state index in [4.69, 9.17) is 14.2 Å². The Hall–Kier alpha value is -3.58. The van der Waals surface area contributed by atoms with Crippen LogP contribution in [0, 0.1) is 11.7 Å². The van der Waals surface area contributed by atoms with Crippen LogP contribution in [0.3, 0.4) is 0 Å². The molecule has 2 aliphatic rings. The molecule has 6 nitrogen and oxygen atoms in total. The second-order valence-electron chi connectivity index (χ2n) is 8.19. The molecule has 1 atom stereocenters. The van der Waals surface area contributed by atoms with Crippen molar-refractivity contribution in [2.24, 2.45) is 5.92 Å². The summed E-state index contributed by atoms with van der Waals surface area (Å²) in [5, 5.41) is 6.07. The predicted octanol–water partition coefficient (Wildman–Crippen LogP) is 4.55. The first kappa shape index (κ1) is 23.6. The number of hydrogen-bond donors (Lipinski definition) is 2. The van der Waals surface area contributed by atoms with Crippen molar-refractivity contribution in [3.63, 3.8) is 0 Å².